The van der Waals surface area contributed by atoms with Crippen LogP contribution in [0.15, 0.2) is 24.4 Å². The summed E-state index contributed by atoms with van der Waals surface area (Å²) in [6, 6.07) is 5.74. The first-order valence-corrected chi connectivity index (χ1v) is 6.16. The van der Waals surface area contributed by atoms with Gasteiger partial charge in [0.15, 0.2) is 0 Å². The molecule has 2 aromatic heterocycles. The average molecular weight is 265 g/mol. The van der Waals surface area contributed by atoms with Gasteiger partial charge in [-0.05, 0) is 19.1 Å². The summed E-state index contributed by atoms with van der Waals surface area (Å²) < 4.78 is 1.94. The summed E-state index contributed by atoms with van der Waals surface area (Å²) >= 11 is 0. The number of hydrogen-bond acceptors (Lipinski definition) is 5. The monoisotopic (exact) mass is 265 g/mol. The quantitative estimate of drug-likeness (QED) is 0.562. The fourth-order valence-corrected chi connectivity index (χ4v) is 1.97. The molecule has 0 fully saturated rings. The van der Waals surface area contributed by atoms with Crippen LogP contribution in [0, 0.1) is 6.92 Å². The van der Waals surface area contributed by atoms with Gasteiger partial charge in [0.25, 0.3) is 0 Å². The molecule has 0 saturated carbocycles. The van der Waals surface area contributed by atoms with Crippen LogP contribution in [0.25, 0.3) is 5.65 Å². The van der Waals surface area contributed by atoms with E-state index in [1.54, 1.807) is 0 Å². The fourth-order valence-electron chi connectivity index (χ4n) is 1.97. The third-order valence-electron chi connectivity index (χ3n) is 3.37. The van der Waals surface area contributed by atoms with Gasteiger partial charge in [0, 0.05) is 12.7 Å². The maximum Gasteiger partial charge on any atom is 0.137 e. The minimum atomic E-state index is -1.08. The van der Waals surface area contributed by atoms with Gasteiger partial charge in [-0.1, -0.05) is 6.07 Å². The Morgan fingerprint density at radius 2 is 1.89 bits per heavy atom. The van der Waals surface area contributed by atoms with Crippen molar-refractivity contribution in [3.8, 4) is 0 Å². The zero-order valence-electron chi connectivity index (χ0n) is 10.9. The molecule has 0 aliphatic heterocycles. The lowest BCUT2D eigenvalue weighted by Crippen LogP contribution is -2.54. The third kappa shape index (κ3) is 2.62. The van der Waals surface area contributed by atoms with Gasteiger partial charge in [0.05, 0.1) is 36.7 Å². The summed E-state index contributed by atoms with van der Waals surface area (Å²) in [5, 5.41) is 30.9. The first-order chi connectivity index (χ1) is 9.15. The number of nitrogens with one attached hydrogen (secondary N) is 1. The van der Waals surface area contributed by atoms with E-state index in [-0.39, 0.29) is 19.8 Å². The largest absolute Gasteiger partial charge is 0.394 e. The van der Waals surface area contributed by atoms with E-state index in [1.165, 1.54) is 0 Å². The van der Waals surface area contributed by atoms with Gasteiger partial charge < -0.3 is 19.7 Å². The van der Waals surface area contributed by atoms with Crippen molar-refractivity contribution >= 4 is 5.65 Å². The van der Waals surface area contributed by atoms with Crippen molar-refractivity contribution in [2.45, 2.75) is 19.0 Å². The molecule has 0 spiro atoms. The smallest absolute Gasteiger partial charge is 0.137 e. The number of aromatic nitrogens is 2. The zero-order chi connectivity index (χ0) is 13.9. The molecule has 0 aliphatic rings. The Kier molecular flexibility index (Phi) is 4.16. The van der Waals surface area contributed by atoms with E-state index in [4.69, 9.17) is 0 Å². The van der Waals surface area contributed by atoms with Gasteiger partial charge in [0.1, 0.15) is 5.65 Å². The molecule has 4 N–H and O–H groups in total. The summed E-state index contributed by atoms with van der Waals surface area (Å²) in [6.45, 7) is 1.29. The van der Waals surface area contributed by atoms with Gasteiger partial charge in [-0.15, -0.1) is 0 Å². The highest BCUT2D eigenvalue weighted by atomic mass is 16.3. The van der Waals surface area contributed by atoms with Gasteiger partial charge in [-0.25, -0.2) is 4.98 Å². The van der Waals surface area contributed by atoms with Crippen LogP contribution in [0.4, 0.5) is 0 Å². The number of imidazole rings is 1. The molecule has 0 bridgehead atoms. The van der Waals surface area contributed by atoms with Crippen molar-refractivity contribution in [2.24, 2.45) is 0 Å². The van der Waals surface area contributed by atoms with Crippen molar-refractivity contribution in [3.05, 3.63) is 35.8 Å². The van der Waals surface area contributed by atoms with E-state index in [0.29, 0.717) is 6.54 Å². The lowest BCUT2D eigenvalue weighted by molar-refractivity contribution is 0.0411. The molecular weight excluding hydrogens is 246 g/mol. The molecule has 104 valence electrons. The molecule has 0 aliphatic carbocycles. The van der Waals surface area contributed by atoms with Crippen LogP contribution >= 0.6 is 0 Å². The Labute approximate surface area is 111 Å². The van der Waals surface area contributed by atoms with E-state index >= 15 is 0 Å². The summed E-state index contributed by atoms with van der Waals surface area (Å²) in [4.78, 5) is 4.43. The number of fused-ring (bicyclic) bond motifs is 1. The van der Waals surface area contributed by atoms with Gasteiger partial charge in [-0.3, -0.25) is 5.32 Å². The van der Waals surface area contributed by atoms with Crippen LogP contribution in [0.3, 0.4) is 0 Å². The summed E-state index contributed by atoms with van der Waals surface area (Å²) in [7, 11) is 0. The third-order valence-corrected chi connectivity index (χ3v) is 3.37. The Morgan fingerprint density at radius 1 is 1.21 bits per heavy atom. The summed E-state index contributed by atoms with van der Waals surface area (Å²) in [6.07, 6.45) is 1.91. The number of nitrogens with zero attached hydrogens (tertiary/aromatic N) is 2. The maximum atomic E-state index is 9.28. The lowest BCUT2D eigenvalue weighted by Gasteiger charge is -2.28. The molecule has 0 unspecified atom stereocenters. The van der Waals surface area contributed by atoms with Gasteiger partial charge in [0.2, 0.25) is 0 Å². The highest BCUT2D eigenvalue weighted by Gasteiger charge is 2.27. The van der Waals surface area contributed by atoms with Crippen molar-refractivity contribution in [1.82, 2.24) is 14.7 Å². The zero-order valence-corrected chi connectivity index (χ0v) is 10.9. The molecule has 0 aromatic carbocycles. The van der Waals surface area contributed by atoms with Crippen LogP contribution < -0.4 is 5.32 Å². The van der Waals surface area contributed by atoms with Gasteiger partial charge in [-0.2, -0.15) is 0 Å². The Hall–Kier alpha value is -1.47. The molecule has 6 heteroatoms. The minimum Gasteiger partial charge on any atom is -0.394 e. The second kappa shape index (κ2) is 5.66. The topological polar surface area (TPSA) is 90.0 Å². The highest BCUT2D eigenvalue weighted by molar-refractivity contribution is 5.42. The molecule has 0 radical (unpaired) electrons. The molecule has 0 saturated heterocycles. The van der Waals surface area contributed by atoms with E-state index in [0.717, 1.165) is 17.0 Å². The van der Waals surface area contributed by atoms with Crippen molar-refractivity contribution in [1.29, 1.82) is 0 Å². The van der Waals surface area contributed by atoms with E-state index in [2.05, 4.69) is 10.3 Å². The van der Waals surface area contributed by atoms with Crippen LogP contribution in [-0.4, -0.2) is 50.1 Å². The number of aliphatic hydroxyl groups is 3. The predicted octanol–water partition coefficient (Wildman–Crippen LogP) is -0.552. The Balaban J connectivity index is 2.24. The number of rotatable bonds is 6. The number of pyridine rings is 1. The summed E-state index contributed by atoms with van der Waals surface area (Å²) in [5.74, 6) is 0. The minimum absolute atomic E-state index is 0.338. The standard InChI is InChI=1S/C13H19N3O3/c1-10-11(6-14-13(7-17,8-18)9-19)16-5-3-2-4-12(16)15-10/h2-5,14,17-19H,6-9H2,1H3. The molecule has 0 atom stereocenters. The second-order valence-electron chi connectivity index (χ2n) is 4.68. The Bertz CT molecular complexity index is 541. The average Bonchev–Trinajstić information content (AvgIpc) is 2.77. The first kappa shape index (κ1) is 14.0. The first-order valence-electron chi connectivity index (χ1n) is 6.16. The van der Waals surface area contributed by atoms with Crippen LogP contribution in [-0.2, 0) is 6.54 Å². The predicted molar refractivity (Wildman–Crippen MR) is 70.8 cm³/mol. The number of hydrogen-bond donors (Lipinski definition) is 4. The highest BCUT2D eigenvalue weighted by Crippen LogP contribution is 2.13. The fraction of sp³-hybridized carbons (Fsp3) is 0.462. The van der Waals surface area contributed by atoms with Crippen molar-refractivity contribution in [3.63, 3.8) is 0 Å². The van der Waals surface area contributed by atoms with Crippen LogP contribution in [0.1, 0.15) is 11.4 Å². The molecule has 6 nitrogen and oxygen atoms in total. The SMILES string of the molecule is Cc1nc2ccccn2c1CNC(CO)(CO)CO. The van der Waals surface area contributed by atoms with E-state index < -0.39 is 5.54 Å². The normalized spacial score (nSPS) is 12.2. The molecule has 2 heterocycles. The van der Waals surface area contributed by atoms with Crippen LogP contribution in [0.5, 0.6) is 0 Å². The molecule has 0 amide bonds. The molecule has 2 rings (SSSR count). The molecule has 19 heavy (non-hydrogen) atoms. The summed E-state index contributed by atoms with van der Waals surface area (Å²) in [5.41, 5.74) is 1.59. The van der Waals surface area contributed by atoms with Crippen molar-refractivity contribution in [2.75, 3.05) is 19.8 Å². The second-order valence-corrected chi connectivity index (χ2v) is 4.68. The van der Waals surface area contributed by atoms with Gasteiger partial charge >= 0.3 is 0 Å². The maximum absolute atomic E-state index is 9.28. The lowest BCUT2D eigenvalue weighted by atomic mass is 10.0. The molecule has 2 aromatic rings. The van der Waals surface area contributed by atoms with Crippen LogP contribution in [0.2, 0.25) is 0 Å². The number of aryl methyl sites for hydroxylation is 1. The Morgan fingerprint density at radius 3 is 2.53 bits per heavy atom. The van der Waals surface area contributed by atoms with E-state index in [1.807, 2.05) is 35.7 Å². The molecular formula is C13H19N3O3. The van der Waals surface area contributed by atoms with Crippen molar-refractivity contribution < 1.29 is 15.3 Å². The number of aliphatic hydroxyl groups excluding tert-OH is 3. The van der Waals surface area contributed by atoms with E-state index in [9.17, 15) is 15.3 Å².